The van der Waals surface area contributed by atoms with Crippen molar-refractivity contribution in [3.05, 3.63) is 36.2 Å². The third-order valence-corrected chi connectivity index (χ3v) is 3.43. The molecule has 6 heteroatoms. The van der Waals surface area contributed by atoms with Crippen LogP contribution in [0.3, 0.4) is 0 Å². The Morgan fingerprint density at radius 3 is 2.58 bits per heavy atom. The number of tetrazole rings is 1. The summed E-state index contributed by atoms with van der Waals surface area (Å²) in [5.74, 6) is -0.00448. The topological polar surface area (TPSA) is 72.7 Å². The highest BCUT2D eigenvalue weighted by Gasteiger charge is 2.17. The summed E-state index contributed by atoms with van der Waals surface area (Å²) in [6.45, 7) is 0. The lowest BCUT2D eigenvalue weighted by Crippen LogP contribution is -2.32. The Hall–Kier alpha value is -2.24. The van der Waals surface area contributed by atoms with Crippen molar-refractivity contribution in [1.82, 2.24) is 25.5 Å². The van der Waals surface area contributed by atoms with Gasteiger partial charge in [0.2, 0.25) is 0 Å². The zero-order valence-corrected chi connectivity index (χ0v) is 10.5. The molecule has 3 rings (SSSR count). The van der Waals surface area contributed by atoms with Crippen molar-refractivity contribution in [3.8, 4) is 5.69 Å². The first-order valence-corrected chi connectivity index (χ1v) is 6.47. The predicted molar refractivity (Wildman–Crippen MR) is 68.9 cm³/mol. The van der Waals surface area contributed by atoms with Crippen LogP contribution >= 0.6 is 0 Å². The van der Waals surface area contributed by atoms with Crippen molar-refractivity contribution in [1.29, 1.82) is 0 Å². The molecule has 1 fully saturated rings. The van der Waals surface area contributed by atoms with Gasteiger partial charge in [-0.2, -0.15) is 0 Å². The zero-order chi connectivity index (χ0) is 13.1. The van der Waals surface area contributed by atoms with Gasteiger partial charge in [-0.05, 0) is 47.5 Å². The Balaban J connectivity index is 1.69. The van der Waals surface area contributed by atoms with Crippen molar-refractivity contribution in [2.75, 3.05) is 0 Å². The number of carbonyl (C=O) groups excluding carboxylic acids is 1. The number of benzene rings is 1. The van der Waals surface area contributed by atoms with Gasteiger partial charge in [-0.1, -0.05) is 12.8 Å². The molecule has 2 aromatic rings. The number of rotatable bonds is 3. The number of nitrogens with zero attached hydrogens (tertiary/aromatic N) is 4. The summed E-state index contributed by atoms with van der Waals surface area (Å²) in [5.41, 5.74) is 1.51. The summed E-state index contributed by atoms with van der Waals surface area (Å²) in [4.78, 5) is 12.0. The summed E-state index contributed by atoms with van der Waals surface area (Å²) in [6.07, 6.45) is 6.13. The molecule has 6 nitrogen and oxygen atoms in total. The van der Waals surface area contributed by atoms with Crippen LogP contribution in [0.25, 0.3) is 5.69 Å². The minimum Gasteiger partial charge on any atom is -0.349 e. The Kier molecular flexibility index (Phi) is 3.22. The van der Waals surface area contributed by atoms with Crippen molar-refractivity contribution in [2.24, 2.45) is 0 Å². The Bertz CT molecular complexity index is 543. The monoisotopic (exact) mass is 257 g/mol. The third-order valence-electron chi connectivity index (χ3n) is 3.43. The highest BCUT2D eigenvalue weighted by molar-refractivity contribution is 5.94. The summed E-state index contributed by atoms with van der Waals surface area (Å²) in [7, 11) is 0. The average Bonchev–Trinajstić information content (AvgIpc) is 3.12. The van der Waals surface area contributed by atoms with E-state index in [1.807, 2.05) is 12.1 Å². The first kappa shape index (κ1) is 11.8. The van der Waals surface area contributed by atoms with Gasteiger partial charge in [0.1, 0.15) is 6.33 Å². The fourth-order valence-corrected chi connectivity index (χ4v) is 2.38. The van der Waals surface area contributed by atoms with E-state index in [2.05, 4.69) is 20.8 Å². The van der Waals surface area contributed by atoms with Crippen LogP contribution in [0.1, 0.15) is 36.0 Å². The number of aromatic nitrogens is 4. The normalized spacial score (nSPS) is 15.6. The minimum atomic E-state index is -0.00448. The second-order valence-electron chi connectivity index (χ2n) is 4.76. The van der Waals surface area contributed by atoms with E-state index in [-0.39, 0.29) is 5.91 Å². The van der Waals surface area contributed by atoms with E-state index < -0.39 is 0 Å². The van der Waals surface area contributed by atoms with Crippen molar-refractivity contribution in [3.63, 3.8) is 0 Å². The first-order valence-electron chi connectivity index (χ1n) is 6.47. The average molecular weight is 257 g/mol. The Morgan fingerprint density at radius 1 is 1.21 bits per heavy atom. The molecule has 0 atom stereocenters. The van der Waals surface area contributed by atoms with Gasteiger partial charge in [-0.15, -0.1) is 5.10 Å². The molecule has 19 heavy (non-hydrogen) atoms. The lowest BCUT2D eigenvalue weighted by Gasteiger charge is -2.11. The minimum absolute atomic E-state index is 0.00448. The van der Waals surface area contributed by atoms with Crippen LogP contribution in [0.15, 0.2) is 30.6 Å². The second kappa shape index (κ2) is 5.17. The van der Waals surface area contributed by atoms with E-state index >= 15 is 0 Å². The largest absolute Gasteiger partial charge is 0.349 e. The SMILES string of the molecule is O=C(NC1CCCC1)c1ccc(-n2cnnn2)cc1. The third kappa shape index (κ3) is 2.62. The lowest BCUT2D eigenvalue weighted by atomic mass is 10.1. The highest BCUT2D eigenvalue weighted by atomic mass is 16.1. The number of amides is 1. The van der Waals surface area contributed by atoms with Gasteiger partial charge in [0.15, 0.2) is 0 Å². The quantitative estimate of drug-likeness (QED) is 0.900. The lowest BCUT2D eigenvalue weighted by molar-refractivity contribution is 0.0938. The molecule has 1 aromatic heterocycles. The van der Waals surface area contributed by atoms with Crippen LogP contribution in [-0.2, 0) is 0 Å². The molecular weight excluding hydrogens is 242 g/mol. The summed E-state index contributed by atoms with van der Waals surface area (Å²) >= 11 is 0. The fraction of sp³-hybridized carbons (Fsp3) is 0.385. The summed E-state index contributed by atoms with van der Waals surface area (Å²) < 4.78 is 1.55. The van der Waals surface area contributed by atoms with Crippen LogP contribution < -0.4 is 5.32 Å². The van der Waals surface area contributed by atoms with Gasteiger partial charge in [0, 0.05) is 11.6 Å². The van der Waals surface area contributed by atoms with E-state index in [1.54, 1.807) is 16.8 Å². The van der Waals surface area contributed by atoms with E-state index in [4.69, 9.17) is 0 Å². The van der Waals surface area contributed by atoms with Crippen molar-refractivity contribution in [2.45, 2.75) is 31.7 Å². The van der Waals surface area contributed by atoms with Gasteiger partial charge >= 0.3 is 0 Å². The van der Waals surface area contributed by atoms with Gasteiger partial charge in [-0.3, -0.25) is 4.79 Å². The van der Waals surface area contributed by atoms with Gasteiger partial charge in [0.05, 0.1) is 5.69 Å². The van der Waals surface area contributed by atoms with Gasteiger partial charge < -0.3 is 5.32 Å². The number of carbonyl (C=O) groups is 1. The van der Waals surface area contributed by atoms with Crippen LogP contribution in [0.5, 0.6) is 0 Å². The molecule has 1 aliphatic carbocycles. The van der Waals surface area contributed by atoms with Crippen LogP contribution in [-0.4, -0.2) is 32.2 Å². The van der Waals surface area contributed by atoms with Crippen LogP contribution in [0.2, 0.25) is 0 Å². The molecule has 1 aromatic carbocycles. The van der Waals surface area contributed by atoms with Crippen molar-refractivity contribution >= 4 is 5.91 Å². The molecule has 1 amide bonds. The van der Waals surface area contributed by atoms with E-state index in [0.29, 0.717) is 11.6 Å². The number of hydrogen-bond acceptors (Lipinski definition) is 4. The molecule has 0 radical (unpaired) electrons. The first-order chi connectivity index (χ1) is 9.33. The molecule has 0 spiro atoms. The van der Waals surface area contributed by atoms with Crippen molar-refractivity contribution < 1.29 is 4.79 Å². The maximum atomic E-state index is 12.0. The molecule has 98 valence electrons. The Morgan fingerprint density at radius 2 is 1.95 bits per heavy atom. The molecule has 0 unspecified atom stereocenters. The maximum absolute atomic E-state index is 12.0. The zero-order valence-electron chi connectivity index (χ0n) is 10.5. The molecule has 1 saturated carbocycles. The molecule has 1 N–H and O–H groups in total. The van der Waals surface area contributed by atoms with Gasteiger partial charge in [0.25, 0.3) is 5.91 Å². The molecule has 1 heterocycles. The highest BCUT2D eigenvalue weighted by Crippen LogP contribution is 2.18. The van der Waals surface area contributed by atoms with E-state index in [1.165, 1.54) is 19.2 Å². The Labute approximate surface area is 110 Å². The molecule has 0 bridgehead atoms. The molecule has 1 aliphatic rings. The molecular formula is C13H15N5O. The maximum Gasteiger partial charge on any atom is 0.251 e. The molecule has 0 saturated heterocycles. The standard InChI is InChI=1S/C13H15N5O/c19-13(15-11-3-1-2-4-11)10-5-7-12(8-6-10)18-9-14-16-17-18/h5-9,11H,1-4H2,(H,15,19). The smallest absolute Gasteiger partial charge is 0.251 e. The van der Waals surface area contributed by atoms with E-state index in [0.717, 1.165) is 18.5 Å². The number of nitrogens with one attached hydrogen (secondary N) is 1. The summed E-state index contributed by atoms with van der Waals surface area (Å²) in [5, 5.41) is 14.0. The summed E-state index contributed by atoms with van der Waals surface area (Å²) in [6, 6.07) is 7.59. The molecule has 0 aliphatic heterocycles. The van der Waals surface area contributed by atoms with Gasteiger partial charge in [-0.25, -0.2) is 4.68 Å². The van der Waals surface area contributed by atoms with Crippen LogP contribution in [0.4, 0.5) is 0 Å². The van der Waals surface area contributed by atoms with E-state index in [9.17, 15) is 4.79 Å². The fourth-order valence-electron chi connectivity index (χ4n) is 2.38. The number of hydrogen-bond donors (Lipinski definition) is 1. The predicted octanol–water partition coefficient (Wildman–Crippen LogP) is 1.33. The van der Waals surface area contributed by atoms with Crippen LogP contribution in [0, 0.1) is 0 Å². The second-order valence-corrected chi connectivity index (χ2v) is 4.76.